The number of carboxylic acids is 1. The third kappa shape index (κ3) is 3.05. The number of aromatic carboxylic acids is 1. The number of hydrogen-bond donors (Lipinski definition) is 2. The van der Waals surface area contributed by atoms with Gasteiger partial charge in [0.1, 0.15) is 5.69 Å². The average molecular weight is 322 g/mol. The number of rotatable bonds is 6. The predicted molar refractivity (Wildman–Crippen MR) is 96.4 cm³/mol. The number of aromatic nitrogens is 1. The standard InChI is InChI=1S/C20H22N2O2/c1-14(15-8-4-3-5-9-15)12-21-13-17-16-10-6-7-11-18(16)22(2)19(17)20(23)24/h3-11,14,21H,12-13H2,1-2H3,(H,23,24). The molecule has 4 nitrogen and oxygen atoms in total. The topological polar surface area (TPSA) is 54.3 Å². The molecule has 3 aromatic rings. The Morgan fingerprint density at radius 2 is 1.79 bits per heavy atom. The average Bonchev–Trinajstić information content (AvgIpc) is 2.88. The maximum atomic E-state index is 11.7. The van der Waals surface area contributed by atoms with E-state index in [4.69, 9.17) is 0 Å². The molecule has 0 fully saturated rings. The van der Waals surface area contributed by atoms with Gasteiger partial charge in [0.05, 0.1) is 0 Å². The molecule has 1 atom stereocenters. The van der Waals surface area contributed by atoms with Crippen molar-refractivity contribution in [3.05, 3.63) is 71.4 Å². The Hall–Kier alpha value is -2.59. The van der Waals surface area contributed by atoms with Gasteiger partial charge in [-0.25, -0.2) is 4.79 Å². The lowest BCUT2D eigenvalue weighted by atomic mass is 10.0. The Morgan fingerprint density at radius 3 is 2.50 bits per heavy atom. The first-order chi connectivity index (χ1) is 11.6. The summed E-state index contributed by atoms with van der Waals surface area (Å²) >= 11 is 0. The van der Waals surface area contributed by atoms with Gasteiger partial charge in [0.15, 0.2) is 0 Å². The van der Waals surface area contributed by atoms with Crippen molar-refractivity contribution in [2.45, 2.75) is 19.4 Å². The molecule has 0 bridgehead atoms. The molecule has 124 valence electrons. The maximum absolute atomic E-state index is 11.7. The third-order valence-electron chi connectivity index (χ3n) is 4.54. The van der Waals surface area contributed by atoms with E-state index < -0.39 is 5.97 Å². The molecule has 24 heavy (non-hydrogen) atoms. The first kappa shape index (κ1) is 16.3. The van der Waals surface area contributed by atoms with Crippen molar-refractivity contribution in [2.75, 3.05) is 6.54 Å². The van der Waals surface area contributed by atoms with Gasteiger partial charge in [-0.3, -0.25) is 0 Å². The van der Waals surface area contributed by atoms with Gasteiger partial charge in [0.25, 0.3) is 0 Å². The molecule has 0 radical (unpaired) electrons. The molecule has 0 spiro atoms. The fourth-order valence-electron chi connectivity index (χ4n) is 3.24. The molecule has 0 amide bonds. The molecule has 2 N–H and O–H groups in total. The Balaban J connectivity index is 1.80. The van der Waals surface area contributed by atoms with E-state index in [-0.39, 0.29) is 0 Å². The minimum atomic E-state index is -0.887. The van der Waals surface area contributed by atoms with E-state index in [0.717, 1.165) is 23.0 Å². The summed E-state index contributed by atoms with van der Waals surface area (Å²) in [6, 6.07) is 18.2. The van der Waals surface area contributed by atoms with Crippen LogP contribution in [0.15, 0.2) is 54.6 Å². The summed E-state index contributed by atoms with van der Waals surface area (Å²) in [6.07, 6.45) is 0. The van der Waals surface area contributed by atoms with Crippen molar-refractivity contribution in [3.8, 4) is 0 Å². The Kier molecular flexibility index (Phi) is 4.67. The number of carboxylic acid groups (broad SMARTS) is 1. The molecule has 4 heteroatoms. The maximum Gasteiger partial charge on any atom is 0.352 e. The van der Waals surface area contributed by atoms with Crippen LogP contribution in [-0.2, 0) is 13.6 Å². The fourth-order valence-corrected chi connectivity index (χ4v) is 3.24. The molecule has 0 saturated heterocycles. The van der Waals surface area contributed by atoms with Crippen molar-refractivity contribution in [1.29, 1.82) is 0 Å². The number of hydrogen-bond acceptors (Lipinski definition) is 2. The van der Waals surface area contributed by atoms with Crippen molar-refractivity contribution in [3.63, 3.8) is 0 Å². The molecule has 1 unspecified atom stereocenters. The van der Waals surface area contributed by atoms with Crippen LogP contribution < -0.4 is 5.32 Å². The summed E-state index contributed by atoms with van der Waals surface area (Å²) in [5, 5.41) is 14.0. The Labute approximate surface area is 141 Å². The SMILES string of the molecule is CC(CNCc1c(C(=O)O)n(C)c2ccccc12)c1ccccc1. The van der Waals surface area contributed by atoms with Gasteiger partial charge in [0.2, 0.25) is 0 Å². The summed E-state index contributed by atoms with van der Waals surface area (Å²) in [5.74, 6) is -0.518. The zero-order valence-corrected chi connectivity index (χ0v) is 14.0. The van der Waals surface area contributed by atoms with Gasteiger partial charge in [-0.05, 0) is 17.5 Å². The third-order valence-corrected chi connectivity index (χ3v) is 4.54. The number of nitrogens with one attached hydrogen (secondary N) is 1. The fraction of sp³-hybridized carbons (Fsp3) is 0.250. The second-order valence-corrected chi connectivity index (χ2v) is 6.15. The number of para-hydroxylation sites is 1. The highest BCUT2D eigenvalue weighted by atomic mass is 16.4. The normalized spacial score (nSPS) is 12.4. The van der Waals surface area contributed by atoms with Crippen LogP contribution in [0.25, 0.3) is 10.9 Å². The minimum absolute atomic E-state index is 0.357. The highest BCUT2D eigenvalue weighted by Crippen LogP contribution is 2.25. The molecule has 3 rings (SSSR count). The van der Waals surface area contributed by atoms with Crippen LogP contribution in [0.4, 0.5) is 0 Å². The number of nitrogens with zero attached hydrogens (tertiary/aromatic N) is 1. The largest absolute Gasteiger partial charge is 0.477 e. The summed E-state index contributed by atoms with van der Waals surface area (Å²) < 4.78 is 1.76. The van der Waals surface area contributed by atoms with Crippen LogP contribution in [-0.4, -0.2) is 22.2 Å². The summed E-state index contributed by atoms with van der Waals surface area (Å²) in [7, 11) is 1.81. The number of fused-ring (bicyclic) bond motifs is 1. The molecule has 0 saturated carbocycles. The van der Waals surface area contributed by atoms with Crippen molar-refractivity contribution in [2.24, 2.45) is 7.05 Å². The lowest BCUT2D eigenvalue weighted by Crippen LogP contribution is -2.21. The molecule has 1 aromatic heterocycles. The number of aryl methyl sites for hydroxylation is 1. The van der Waals surface area contributed by atoms with Gasteiger partial charge >= 0.3 is 5.97 Å². The highest BCUT2D eigenvalue weighted by molar-refractivity contribution is 5.98. The zero-order valence-electron chi connectivity index (χ0n) is 14.0. The Bertz CT molecular complexity index is 853. The van der Waals surface area contributed by atoms with E-state index in [1.807, 2.05) is 49.5 Å². The second kappa shape index (κ2) is 6.89. The zero-order chi connectivity index (χ0) is 17.1. The van der Waals surface area contributed by atoms with Gasteiger partial charge in [0, 0.05) is 36.6 Å². The molecular weight excluding hydrogens is 300 g/mol. The number of benzene rings is 2. The van der Waals surface area contributed by atoms with E-state index in [0.29, 0.717) is 18.2 Å². The van der Waals surface area contributed by atoms with Gasteiger partial charge in [-0.15, -0.1) is 0 Å². The summed E-state index contributed by atoms with van der Waals surface area (Å²) in [5.41, 5.74) is 3.43. The Morgan fingerprint density at radius 1 is 1.12 bits per heavy atom. The predicted octanol–water partition coefficient (Wildman–Crippen LogP) is 3.77. The summed E-state index contributed by atoms with van der Waals surface area (Å²) in [6.45, 7) is 3.51. The van der Waals surface area contributed by atoms with Gasteiger partial charge in [-0.2, -0.15) is 0 Å². The molecule has 0 aliphatic carbocycles. The van der Waals surface area contributed by atoms with Crippen LogP contribution in [0, 0.1) is 0 Å². The first-order valence-electron chi connectivity index (χ1n) is 8.15. The molecule has 1 heterocycles. The number of carbonyl (C=O) groups is 1. The van der Waals surface area contributed by atoms with E-state index in [1.165, 1.54) is 5.56 Å². The van der Waals surface area contributed by atoms with Crippen molar-refractivity contribution in [1.82, 2.24) is 9.88 Å². The van der Waals surface area contributed by atoms with Crippen LogP contribution in [0.2, 0.25) is 0 Å². The van der Waals surface area contributed by atoms with E-state index >= 15 is 0 Å². The lowest BCUT2D eigenvalue weighted by molar-refractivity contribution is 0.0685. The minimum Gasteiger partial charge on any atom is -0.477 e. The van der Waals surface area contributed by atoms with Crippen LogP contribution in [0.1, 0.15) is 34.5 Å². The second-order valence-electron chi connectivity index (χ2n) is 6.15. The van der Waals surface area contributed by atoms with Crippen LogP contribution >= 0.6 is 0 Å². The van der Waals surface area contributed by atoms with Gasteiger partial charge in [-0.1, -0.05) is 55.5 Å². The molecule has 0 aliphatic rings. The van der Waals surface area contributed by atoms with Crippen LogP contribution in [0.5, 0.6) is 0 Å². The quantitative estimate of drug-likeness (QED) is 0.726. The first-order valence-corrected chi connectivity index (χ1v) is 8.15. The van der Waals surface area contributed by atoms with Crippen LogP contribution in [0.3, 0.4) is 0 Å². The van der Waals surface area contributed by atoms with E-state index in [2.05, 4.69) is 24.4 Å². The van der Waals surface area contributed by atoms with Crippen molar-refractivity contribution >= 4 is 16.9 Å². The van der Waals surface area contributed by atoms with Gasteiger partial charge < -0.3 is 15.0 Å². The molecule has 2 aromatic carbocycles. The molecule has 0 aliphatic heterocycles. The van der Waals surface area contributed by atoms with Crippen molar-refractivity contribution < 1.29 is 9.90 Å². The molecular formula is C20H22N2O2. The highest BCUT2D eigenvalue weighted by Gasteiger charge is 2.20. The van der Waals surface area contributed by atoms with E-state index in [1.54, 1.807) is 4.57 Å². The lowest BCUT2D eigenvalue weighted by Gasteiger charge is -2.13. The summed E-state index contributed by atoms with van der Waals surface area (Å²) in [4.78, 5) is 11.7. The smallest absolute Gasteiger partial charge is 0.352 e. The van der Waals surface area contributed by atoms with E-state index in [9.17, 15) is 9.90 Å². The monoisotopic (exact) mass is 322 g/mol.